The Morgan fingerprint density at radius 2 is 2.02 bits per heavy atom. The van der Waals surface area contributed by atoms with E-state index in [9.17, 15) is 9.36 Å². The first-order chi connectivity index (χ1) is 20.5. The molecule has 2 heterocycles. The molecule has 1 aromatic heterocycles. The van der Waals surface area contributed by atoms with Crippen molar-refractivity contribution in [2.24, 2.45) is 5.73 Å². The normalized spacial score (nSPS) is 20.2. The molecule has 1 amide bonds. The van der Waals surface area contributed by atoms with Gasteiger partial charge in [-0.25, -0.2) is 9.97 Å². The Balaban J connectivity index is 1.76. The Hall–Kier alpha value is -3.31. The molecule has 0 radical (unpaired) electrons. The van der Waals surface area contributed by atoms with Crippen LogP contribution in [-0.2, 0) is 18.8 Å². The number of nitrogens with zero attached hydrogens (tertiary/aromatic N) is 3. The van der Waals surface area contributed by atoms with Gasteiger partial charge in [-0.2, -0.15) is 0 Å². The third-order valence-corrected chi connectivity index (χ3v) is 9.11. The number of carbonyl (C=O) groups is 1. The van der Waals surface area contributed by atoms with Gasteiger partial charge in [0.05, 0.1) is 23.9 Å². The molecule has 3 aromatic rings. The molecule has 0 bridgehead atoms. The van der Waals surface area contributed by atoms with Gasteiger partial charge in [0, 0.05) is 50.6 Å². The number of methoxy groups -OCH3 is 2. The Kier molecular flexibility index (Phi) is 10.6. The second-order valence-corrected chi connectivity index (χ2v) is 14.2. The van der Waals surface area contributed by atoms with Crippen molar-refractivity contribution in [2.75, 3.05) is 62.8 Å². The van der Waals surface area contributed by atoms with Gasteiger partial charge in [-0.05, 0) is 56.2 Å². The molecule has 4 rings (SSSR count). The van der Waals surface area contributed by atoms with Crippen molar-refractivity contribution < 1.29 is 18.8 Å². The molecule has 0 aliphatic carbocycles. The van der Waals surface area contributed by atoms with Gasteiger partial charge in [0.25, 0.3) is 0 Å². The maximum Gasteiger partial charge on any atom is 0.247 e. The second-order valence-electron chi connectivity index (χ2n) is 10.6. The molecule has 2 aromatic carbocycles. The number of hydrogen-bond acceptors (Lipinski definition) is 10. The van der Waals surface area contributed by atoms with Crippen LogP contribution in [0.25, 0.3) is 0 Å². The van der Waals surface area contributed by atoms with E-state index in [4.69, 9.17) is 31.8 Å². The van der Waals surface area contributed by atoms with Gasteiger partial charge in [0.15, 0.2) is 11.6 Å². The van der Waals surface area contributed by atoms with E-state index in [1.807, 2.05) is 47.4 Å². The van der Waals surface area contributed by atoms with E-state index in [2.05, 4.69) is 27.5 Å². The monoisotopic (exact) mass is 627 g/mol. The van der Waals surface area contributed by atoms with Crippen molar-refractivity contribution in [3.8, 4) is 0 Å². The smallest absolute Gasteiger partial charge is 0.247 e. The molecule has 1 saturated heterocycles. The molecule has 0 saturated carbocycles. The van der Waals surface area contributed by atoms with Crippen LogP contribution in [0.4, 0.5) is 22.9 Å². The number of amides is 1. The van der Waals surface area contributed by atoms with E-state index >= 15 is 0 Å². The van der Waals surface area contributed by atoms with Gasteiger partial charge in [0.2, 0.25) is 5.91 Å². The molecule has 5 N–H and O–H groups in total. The topological polar surface area (TPSA) is 144 Å². The van der Waals surface area contributed by atoms with Crippen molar-refractivity contribution in [3.63, 3.8) is 0 Å². The number of hydrogen-bond donors (Lipinski definition) is 4. The first-order valence-corrected chi connectivity index (χ1v) is 16.8. The minimum Gasteiger partial charge on any atom is -0.385 e. The number of benzene rings is 2. The number of rotatable bonds is 13. The van der Waals surface area contributed by atoms with Crippen LogP contribution < -0.4 is 31.9 Å². The van der Waals surface area contributed by atoms with Crippen molar-refractivity contribution >= 4 is 52.8 Å². The lowest BCUT2D eigenvalue weighted by atomic mass is 9.97. The van der Waals surface area contributed by atoms with E-state index < -0.39 is 25.0 Å². The molecule has 11 nitrogen and oxygen atoms in total. The summed E-state index contributed by atoms with van der Waals surface area (Å²) in [5.74, 6) is -1.31. The summed E-state index contributed by atoms with van der Waals surface area (Å²) in [7, 11) is 0.674. The summed E-state index contributed by atoms with van der Waals surface area (Å²) in [5.41, 5.74) is 9.28. The molecule has 1 aliphatic heterocycles. The lowest BCUT2D eigenvalue weighted by Crippen LogP contribution is -2.66. The Labute approximate surface area is 257 Å². The third kappa shape index (κ3) is 7.44. The van der Waals surface area contributed by atoms with Gasteiger partial charge in [-0.3, -0.25) is 15.8 Å². The largest absolute Gasteiger partial charge is 0.385 e. The van der Waals surface area contributed by atoms with E-state index in [1.54, 1.807) is 33.6 Å². The summed E-state index contributed by atoms with van der Waals surface area (Å²) in [6.07, 6.45) is 3.03. The molecule has 230 valence electrons. The van der Waals surface area contributed by atoms with Gasteiger partial charge in [0.1, 0.15) is 18.0 Å². The summed E-state index contributed by atoms with van der Waals surface area (Å²) < 4.78 is 24.2. The number of nitrogens with one attached hydrogen (secondary N) is 3. The van der Waals surface area contributed by atoms with Crippen LogP contribution in [-0.4, -0.2) is 75.0 Å². The second kappa shape index (κ2) is 14.0. The van der Waals surface area contributed by atoms with Crippen LogP contribution in [0, 0.1) is 0 Å². The predicted molar refractivity (Wildman–Crippen MR) is 173 cm³/mol. The third-order valence-electron chi connectivity index (χ3n) is 7.28. The SMILES string of the molecule is C=CC(=O)Nc1cccc(N2CC(OC)C(c3ncc(Cl)c(Nc4ccccc4P(C)(C)=O)n3)C2(N)NCCCOC)c1. The number of carbonyl (C=O) groups excluding carboxylic acids is 1. The van der Waals surface area contributed by atoms with Crippen LogP contribution in [0.2, 0.25) is 5.02 Å². The summed E-state index contributed by atoms with van der Waals surface area (Å²) >= 11 is 6.57. The Morgan fingerprint density at radius 3 is 2.72 bits per heavy atom. The lowest BCUT2D eigenvalue weighted by Gasteiger charge is -2.40. The van der Waals surface area contributed by atoms with Crippen molar-refractivity contribution in [2.45, 2.75) is 24.2 Å². The highest BCUT2D eigenvalue weighted by Gasteiger charge is 2.54. The molecular weight excluding hydrogens is 589 g/mol. The minimum atomic E-state index is -2.60. The maximum atomic E-state index is 13.0. The molecule has 3 atom stereocenters. The van der Waals surface area contributed by atoms with Crippen LogP contribution >= 0.6 is 18.7 Å². The maximum absolute atomic E-state index is 13.0. The molecule has 3 unspecified atom stereocenters. The van der Waals surface area contributed by atoms with Gasteiger partial charge in [-0.15, -0.1) is 0 Å². The van der Waals surface area contributed by atoms with E-state index in [-0.39, 0.29) is 5.91 Å². The highest BCUT2D eigenvalue weighted by Crippen LogP contribution is 2.42. The van der Waals surface area contributed by atoms with Crippen molar-refractivity contribution in [3.05, 3.63) is 78.2 Å². The van der Waals surface area contributed by atoms with Gasteiger partial charge in [-0.1, -0.05) is 36.4 Å². The molecule has 1 fully saturated rings. The summed E-state index contributed by atoms with van der Waals surface area (Å²) in [6, 6.07) is 14.8. The molecule has 0 spiro atoms. The number of para-hydroxylation sites is 1. The quantitative estimate of drug-likeness (QED) is 0.0946. The predicted octanol–water partition coefficient (Wildman–Crippen LogP) is 4.10. The average Bonchev–Trinajstić information content (AvgIpc) is 3.28. The standard InChI is InChI=1S/C30H39ClN7O4P/c1-6-26(39)35-20-11-9-12-21(17-20)38-19-24(42-3)27(30(38,32)34-15-10-16-41-2)29-33-18-22(31)28(37-29)36-23-13-7-8-14-25(23)43(4,5)40/h6-9,11-14,17-18,24,27,34H,1,10,15-16,19,32H2,2-5H3,(H,35,39)(H,33,36,37). The zero-order valence-corrected chi connectivity index (χ0v) is 26.5. The van der Waals surface area contributed by atoms with E-state index in [0.717, 1.165) is 5.69 Å². The van der Waals surface area contributed by atoms with Crippen LogP contribution in [0.5, 0.6) is 0 Å². The number of aromatic nitrogens is 2. The Morgan fingerprint density at radius 1 is 1.26 bits per heavy atom. The highest BCUT2D eigenvalue weighted by atomic mass is 35.5. The Bertz CT molecular complexity index is 1500. The summed E-state index contributed by atoms with van der Waals surface area (Å²) in [4.78, 5) is 23.4. The number of halogens is 1. The molecule has 13 heteroatoms. The molecule has 1 aliphatic rings. The fourth-order valence-corrected chi connectivity index (χ4v) is 6.52. The zero-order valence-electron chi connectivity index (χ0n) is 24.8. The summed E-state index contributed by atoms with van der Waals surface area (Å²) in [6.45, 7) is 8.45. The van der Waals surface area contributed by atoms with Crippen LogP contribution in [0.3, 0.4) is 0 Å². The number of ether oxygens (including phenoxy) is 2. The highest BCUT2D eigenvalue weighted by molar-refractivity contribution is 7.70. The van der Waals surface area contributed by atoms with Crippen molar-refractivity contribution in [1.82, 2.24) is 15.3 Å². The number of nitrogens with two attached hydrogens (primary N) is 1. The van der Waals surface area contributed by atoms with Gasteiger partial charge < -0.3 is 29.6 Å². The van der Waals surface area contributed by atoms with Crippen LogP contribution in [0.1, 0.15) is 18.2 Å². The van der Waals surface area contributed by atoms with E-state index in [0.29, 0.717) is 59.5 Å². The fraction of sp³-hybridized carbons (Fsp3) is 0.367. The first-order valence-electron chi connectivity index (χ1n) is 13.8. The van der Waals surface area contributed by atoms with Crippen LogP contribution in [0.15, 0.2) is 67.4 Å². The van der Waals surface area contributed by atoms with E-state index in [1.165, 1.54) is 12.3 Å². The average molecular weight is 628 g/mol. The zero-order chi connectivity index (χ0) is 31.2. The molecular formula is C30H39ClN7O4P. The number of anilines is 4. The minimum absolute atomic E-state index is 0.297. The van der Waals surface area contributed by atoms with Gasteiger partial charge >= 0.3 is 0 Å². The fourth-order valence-electron chi connectivity index (χ4n) is 5.23. The van der Waals surface area contributed by atoms with Crippen molar-refractivity contribution in [1.29, 1.82) is 0 Å². The molecule has 43 heavy (non-hydrogen) atoms. The lowest BCUT2D eigenvalue weighted by molar-refractivity contribution is -0.111. The first kappa shape index (κ1) is 32.6. The summed E-state index contributed by atoms with van der Waals surface area (Å²) in [5, 5.41) is 10.6.